The minimum Gasteiger partial charge on any atom is -0.336 e. The summed E-state index contributed by atoms with van der Waals surface area (Å²) >= 11 is 7.63. The molecule has 0 unspecified atom stereocenters. The van der Waals surface area contributed by atoms with Gasteiger partial charge in [-0.3, -0.25) is 9.69 Å². The highest BCUT2D eigenvalue weighted by atomic mass is 35.5. The molecule has 3 aromatic rings. The lowest BCUT2D eigenvalue weighted by molar-refractivity contribution is 0.0627. The lowest BCUT2D eigenvalue weighted by Gasteiger charge is -2.34. The van der Waals surface area contributed by atoms with Crippen LogP contribution in [0.1, 0.15) is 26.6 Å². The normalized spacial score (nSPS) is 15.0. The van der Waals surface area contributed by atoms with Crippen LogP contribution in [0.4, 0.5) is 0 Å². The first-order chi connectivity index (χ1) is 13.7. The first kappa shape index (κ1) is 19.1. The van der Waals surface area contributed by atoms with Crippen LogP contribution in [-0.2, 0) is 13.0 Å². The number of benzene rings is 2. The number of carbonyl (C=O) groups is 1. The lowest BCUT2D eigenvalue weighted by atomic mass is 10.2. The second-order valence-electron chi connectivity index (χ2n) is 6.97. The monoisotopic (exact) mass is 411 g/mol. The molecule has 0 spiro atoms. The molecule has 1 aliphatic heterocycles. The molecule has 2 heterocycles. The maximum atomic E-state index is 12.6. The molecule has 0 aliphatic carbocycles. The van der Waals surface area contributed by atoms with E-state index in [-0.39, 0.29) is 5.91 Å². The zero-order chi connectivity index (χ0) is 19.3. The summed E-state index contributed by atoms with van der Waals surface area (Å²) in [6.45, 7) is 4.05. The number of aromatic nitrogens is 1. The third-order valence-corrected chi connectivity index (χ3v) is 6.08. The van der Waals surface area contributed by atoms with Crippen molar-refractivity contribution in [3.63, 3.8) is 0 Å². The Kier molecular flexibility index (Phi) is 6.05. The molecule has 0 saturated carbocycles. The maximum absolute atomic E-state index is 12.6. The first-order valence-electron chi connectivity index (χ1n) is 9.42. The van der Waals surface area contributed by atoms with Crippen LogP contribution in [0.25, 0.3) is 0 Å². The molecule has 144 valence electrons. The molecular weight excluding hydrogens is 390 g/mol. The summed E-state index contributed by atoms with van der Waals surface area (Å²) in [5.41, 5.74) is 3.11. The predicted molar refractivity (Wildman–Crippen MR) is 114 cm³/mol. The molecule has 1 aliphatic rings. The van der Waals surface area contributed by atoms with E-state index >= 15 is 0 Å². The number of hydrogen-bond acceptors (Lipinski definition) is 4. The van der Waals surface area contributed by atoms with Crippen molar-refractivity contribution in [3.05, 3.63) is 86.8 Å². The SMILES string of the molecule is O=C(c1ccc(Cl)cc1)N1CCN(Cc2csc(Cc3ccccc3)n2)CC1. The van der Waals surface area contributed by atoms with Gasteiger partial charge in [-0.2, -0.15) is 0 Å². The average molecular weight is 412 g/mol. The summed E-state index contributed by atoms with van der Waals surface area (Å²) in [5.74, 6) is 0.0788. The lowest BCUT2D eigenvalue weighted by Crippen LogP contribution is -2.48. The van der Waals surface area contributed by atoms with E-state index in [2.05, 4.69) is 34.5 Å². The second kappa shape index (κ2) is 8.86. The molecule has 6 heteroatoms. The van der Waals surface area contributed by atoms with Gasteiger partial charge in [0.15, 0.2) is 0 Å². The molecule has 1 amide bonds. The fourth-order valence-electron chi connectivity index (χ4n) is 3.39. The van der Waals surface area contributed by atoms with E-state index in [0.717, 1.165) is 49.8 Å². The van der Waals surface area contributed by atoms with Crippen LogP contribution < -0.4 is 0 Å². The van der Waals surface area contributed by atoms with Gasteiger partial charge in [0.25, 0.3) is 5.91 Å². The summed E-state index contributed by atoms with van der Waals surface area (Å²) < 4.78 is 0. The van der Waals surface area contributed by atoms with Gasteiger partial charge < -0.3 is 4.90 Å². The Balaban J connectivity index is 1.29. The summed E-state index contributed by atoms with van der Waals surface area (Å²) in [5, 5.41) is 3.96. The fraction of sp³-hybridized carbons (Fsp3) is 0.273. The number of amides is 1. The van der Waals surface area contributed by atoms with Gasteiger partial charge in [-0.25, -0.2) is 4.98 Å². The number of hydrogen-bond donors (Lipinski definition) is 0. The van der Waals surface area contributed by atoms with Gasteiger partial charge in [-0.05, 0) is 29.8 Å². The number of carbonyl (C=O) groups excluding carboxylic acids is 1. The van der Waals surface area contributed by atoms with Gasteiger partial charge in [0, 0.05) is 55.1 Å². The molecule has 0 bridgehead atoms. The van der Waals surface area contributed by atoms with Crippen LogP contribution >= 0.6 is 22.9 Å². The van der Waals surface area contributed by atoms with Crippen molar-refractivity contribution in [3.8, 4) is 0 Å². The third kappa shape index (κ3) is 4.79. The largest absolute Gasteiger partial charge is 0.336 e. The summed E-state index contributed by atoms with van der Waals surface area (Å²) in [6.07, 6.45) is 0.884. The topological polar surface area (TPSA) is 36.4 Å². The number of rotatable bonds is 5. The molecule has 1 aromatic heterocycles. The van der Waals surface area contributed by atoms with Crippen molar-refractivity contribution in [1.29, 1.82) is 0 Å². The van der Waals surface area contributed by atoms with Crippen LogP contribution in [0.3, 0.4) is 0 Å². The quantitative estimate of drug-likeness (QED) is 0.626. The third-order valence-electron chi connectivity index (χ3n) is 4.93. The molecule has 2 aromatic carbocycles. The van der Waals surface area contributed by atoms with Crippen molar-refractivity contribution in [2.45, 2.75) is 13.0 Å². The Hall–Kier alpha value is -2.21. The zero-order valence-electron chi connectivity index (χ0n) is 15.6. The Labute approximate surface area is 174 Å². The van der Waals surface area contributed by atoms with Gasteiger partial charge in [0.05, 0.1) is 10.7 Å². The summed E-state index contributed by atoms with van der Waals surface area (Å²) in [6, 6.07) is 17.6. The predicted octanol–water partition coefficient (Wildman–Crippen LogP) is 4.35. The van der Waals surface area contributed by atoms with Crippen LogP contribution in [0.2, 0.25) is 5.02 Å². The van der Waals surface area contributed by atoms with Gasteiger partial charge in [0.1, 0.15) is 0 Å². The van der Waals surface area contributed by atoms with Gasteiger partial charge in [-0.15, -0.1) is 11.3 Å². The number of nitrogens with zero attached hydrogens (tertiary/aromatic N) is 3. The van der Waals surface area contributed by atoms with Crippen molar-refractivity contribution >= 4 is 28.8 Å². The van der Waals surface area contributed by atoms with Gasteiger partial charge in [-0.1, -0.05) is 41.9 Å². The molecule has 0 atom stereocenters. The van der Waals surface area contributed by atoms with Crippen molar-refractivity contribution in [2.75, 3.05) is 26.2 Å². The minimum atomic E-state index is 0.0788. The molecule has 1 fully saturated rings. The molecule has 28 heavy (non-hydrogen) atoms. The van der Waals surface area contributed by atoms with Crippen LogP contribution in [0.5, 0.6) is 0 Å². The van der Waals surface area contributed by atoms with Gasteiger partial charge in [0.2, 0.25) is 0 Å². The van der Waals surface area contributed by atoms with E-state index < -0.39 is 0 Å². The van der Waals surface area contributed by atoms with Crippen LogP contribution in [0.15, 0.2) is 60.0 Å². The van der Waals surface area contributed by atoms with E-state index in [0.29, 0.717) is 10.6 Å². The molecule has 4 nitrogen and oxygen atoms in total. The van der Waals surface area contributed by atoms with E-state index in [1.54, 1.807) is 35.6 Å². The van der Waals surface area contributed by atoms with Crippen molar-refractivity contribution in [2.24, 2.45) is 0 Å². The van der Waals surface area contributed by atoms with E-state index in [1.807, 2.05) is 11.0 Å². The molecule has 1 saturated heterocycles. The highest BCUT2D eigenvalue weighted by Crippen LogP contribution is 2.18. The molecule has 0 radical (unpaired) electrons. The molecule has 4 rings (SSSR count). The summed E-state index contributed by atoms with van der Waals surface area (Å²) in [4.78, 5) is 21.7. The Morgan fingerprint density at radius 1 is 1.00 bits per heavy atom. The minimum absolute atomic E-state index is 0.0788. The highest BCUT2D eigenvalue weighted by molar-refractivity contribution is 7.09. The standard InChI is InChI=1S/C22H22ClN3OS/c23-19-8-6-18(7-9-19)22(27)26-12-10-25(11-13-26)15-20-16-28-21(24-20)14-17-4-2-1-3-5-17/h1-9,16H,10-15H2. The molecule has 0 N–H and O–H groups in total. The second-order valence-corrected chi connectivity index (χ2v) is 8.35. The summed E-state index contributed by atoms with van der Waals surface area (Å²) in [7, 11) is 0. The van der Waals surface area contributed by atoms with Crippen LogP contribution in [0, 0.1) is 0 Å². The Morgan fingerprint density at radius 3 is 2.43 bits per heavy atom. The fourth-order valence-corrected chi connectivity index (χ4v) is 4.33. The smallest absolute Gasteiger partial charge is 0.253 e. The van der Waals surface area contributed by atoms with E-state index in [9.17, 15) is 4.79 Å². The Morgan fingerprint density at radius 2 is 1.71 bits per heavy atom. The molecular formula is C22H22ClN3OS. The first-order valence-corrected chi connectivity index (χ1v) is 10.7. The van der Waals surface area contributed by atoms with Crippen LogP contribution in [-0.4, -0.2) is 46.9 Å². The van der Waals surface area contributed by atoms with E-state index in [4.69, 9.17) is 16.6 Å². The van der Waals surface area contributed by atoms with Gasteiger partial charge >= 0.3 is 0 Å². The number of halogens is 1. The maximum Gasteiger partial charge on any atom is 0.253 e. The number of thiazole rings is 1. The average Bonchev–Trinajstić information content (AvgIpc) is 3.16. The van der Waals surface area contributed by atoms with Crippen molar-refractivity contribution < 1.29 is 4.79 Å². The van der Waals surface area contributed by atoms with E-state index in [1.165, 1.54) is 5.56 Å². The number of piperazine rings is 1. The van der Waals surface area contributed by atoms with Crippen molar-refractivity contribution in [1.82, 2.24) is 14.8 Å². The Bertz CT molecular complexity index is 918. The highest BCUT2D eigenvalue weighted by Gasteiger charge is 2.22. The zero-order valence-corrected chi connectivity index (χ0v) is 17.1.